The second-order valence-electron chi connectivity index (χ2n) is 11.9. The summed E-state index contributed by atoms with van der Waals surface area (Å²) in [5.74, 6) is -0.571. The molecular formula is C40H38Cl4F2Fe2N6. The molecule has 0 aliphatic carbocycles. The zero-order valence-corrected chi connectivity index (χ0v) is 36.0. The Morgan fingerprint density at radius 1 is 0.463 bits per heavy atom. The van der Waals surface area contributed by atoms with Crippen LogP contribution in [0.2, 0.25) is 0 Å². The number of rotatable bonds is 8. The molecule has 6 nitrogen and oxygen atoms in total. The maximum atomic E-state index is 14.0. The minimum absolute atomic E-state index is 0.194. The molecule has 3 aromatic carbocycles. The molecule has 0 saturated heterocycles. The Bertz CT molecular complexity index is 2060. The van der Waals surface area contributed by atoms with E-state index in [1.807, 2.05) is 90.1 Å². The van der Waals surface area contributed by atoms with Gasteiger partial charge in [-0.2, -0.15) is 0 Å². The molecule has 0 aliphatic rings. The SMILES string of the molecule is CC(=Nc1cc(C)c(N=C(C)c2cccc(C(C)=Nc3cccc(F)c3C)n2)cc1C)c1cccc(C(C)=Nc2cccc(F)c2C)n1.[Cl][Fe][Cl].[Cl][Fe][Cl]. The van der Waals surface area contributed by atoms with Crippen molar-refractivity contribution in [2.24, 2.45) is 20.0 Å². The van der Waals surface area contributed by atoms with Crippen molar-refractivity contribution in [3.05, 3.63) is 142 Å². The van der Waals surface area contributed by atoms with Gasteiger partial charge in [0.15, 0.2) is 0 Å². The van der Waals surface area contributed by atoms with Crippen LogP contribution in [0.4, 0.5) is 31.5 Å². The summed E-state index contributed by atoms with van der Waals surface area (Å²) in [5, 5.41) is 0. The summed E-state index contributed by atoms with van der Waals surface area (Å²) in [6, 6.07) is 25.3. The van der Waals surface area contributed by atoms with Gasteiger partial charge in [-0.25, -0.2) is 18.7 Å². The van der Waals surface area contributed by atoms with Gasteiger partial charge in [0.25, 0.3) is 0 Å². The zero-order valence-electron chi connectivity index (χ0n) is 30.7. The van der Waals surface area contributed by atoms with E-state index in [1.54, 1.807) is 38.1 Å². The molecule has 0 atom stereocenters. The van der Waals surface area contributed by atoms with Crippen LogP contribution in [0.3, 0.4) is 0 Å². The fourth-order valence-corrected chi connectivity index (χ4v) is 5.09. The van der Waals surface area contributed by atoms with Crippen molar-refractivity contribution in [2.45, 2.75) is 55.4 Å². The van der Waals surface area contributed by atoms with E-state index >= 15 is 0 Å². The van der Waals surface area contributed by atoms with Crippen LogP contribution >= 0.6 is 40.4 Å². The molecule has 5 aromatic rings. The third-order valence-electron chi connectivity index (χ3n) is 8.13. The van der Waals surface area contributed by atoms with Crippen molar-refractivity contribution in [1.29, 1.82) is 0 Å². The first kappa shape index (κ1) is 45.1. The molecule has 286 valence electrons. The van der Waals surface area contributed by atoms with Crippen LogP contribution in [0.5, 0.6) is 0 Å². The zero-order chi connectivity index (χ0) is 39.9. The van der Waals surface area contributed by atoms with Crippen LogP contribution in [-0.2, 0) is 26.3 Å². The van der Waals surface area contributed by atoms with Crippen LogP contribution in [-0.4, -0.2) is 32.8 Å². The fraction of sp³-hybridized carbons (Fsp3) is 0.200. The van der Waals surface area contributed by atoms with Crippen molar-refractivity contribution < 1.29 is 35.0 Å². The first-order valence-electron chi connectivity index (χ1n) is 16.2. The van der Waals surface area contributed by atoms with E-state index in [0.29, 0.717) is 45.3 Å². The molecule has 0 aliphatic heterocycles. The van der Waals surface area contributed by atoms with Gasteiger partial charge in [-0.15, -0.1) is 0 Å². The predicted octanol–water partition coefficient (Wildman–Crippen LogP) is 13.3. The third-order valence-corrected chi connectivity index (χ3v) is 8.13. The quantitative estimate of drug-likeness (QED) is 0.115. The van der Waals surface area contributed by atoms with Gasteiger partial charge >= 0.3 is 66.7 Å². The van der Waals surface area contributed by atoms with Gasteiger partial charge in [0, 0.05) is 11.1 Å². The molecule has 0 amide bonds. The summed E-state index contributed by atoms with van der Waals surface area (Å²) in [6.07, 6.45) is 0. The summed E-state index contributed by atoms with van der Waals surface area (Å²) in [7, 11) is 19.1. The van der Waals surface area contributed by atoms with Gasteiger partial charge in [0.1, 0.15) is 11.6 Å². The second kappa shape index (κ2) is 22.3. The number of hydrogen-bond donors (Lipinski definition) is 0. The number of aromatic nitrogens is 2. The van der Waals surface area contributed by atoms with Crippen molar-refractivity contribution in [3.63, 3.8) is 0 Å². The van der Waals surface area contributed by atoms with Gasteiger partial charge in [0.05, 0.1) is 68.4 Å². The normalized spacial score (nSPS) is 12.3. The molecule has 54 heavy (non-hydrogen) atoms. The van der Waals surface area contributed by atoms with Crippen LogP contribution in [0.1, 0.15) is 72.7 Å². The van der Waals surface area contributed by atoms with E-state index in [4.69, 9.17) is 60.3 Å². The summed E-state index contributed by atoms with van der Waals surface area (Å²) >= 11 is 0.389. The summed E-state index contributed by atoms with van der Waals surface area (Å²) in [4.78, 5) is 28.7. The van der Waals surface area contributed by atoms with Crippen molar-refractivity contribution in [2.75, 3.05) is 0 Å². The van der Waals surface area contributed by atoms with Crippen LogP contribution < -0.4 is 0 Å². The first-order valence-corrected chi connectivity index (χ1v) is 22.3. The van der Waals surface area contributed by atoms with Gasteiger partial charge < -0.3 is 0 Å². The fourth-order valence-electron chi connectivity index (χ4n) is 5.09. The number of halogens is 6. The average Bonchev–Trinajstić information content (AvgIpc) is 3.15. The predicted molar refractivity (Wildman–Crippen MR) is 218 cm³/mol. The number of nitrogens with zero attached hydrogens (tertiary/aromatic N) is 6. The van der Waals surface area contributed by atoms with Gasteiger partial charge in [-0.3, -0.25) is 20.0 Å². The number of aliphatic imine (C=N–C) groups is 4. The average molecular weight is 894 g/mol. The topological polar surface area (TPSA) is 75.2 Å². The van der Waals surface area contributed by atoms with Crippen molar-refractivity contribution >= 4 is 86.0 Å². The van der Waals surface area contributed by atoms with Gasteiger partial charge in [-0.05, 0) is 127 Å². The Balaban J connectivity index is 0.00000122. The van der Waals surface area contributed by atoms with Crippen LogP contribution in [0, 0.1) is 39.3 Å². The first-order chi connectivity index (χ1) is 25.7. The molecule has 0 spiro atoms. The van der Waals surface area contributed by atoms with E-state index in [9.17, 15) is 8.78 Å². The summed E-state index contributed by atoms with van der Waals surface area (Å²) in [6.45, 7) is 15.0. The maximum absolute atomic E-state index is 14.0. The van der Waals surface area contributed by atoms with E-state index in [1.165, 1.54) is 12.1 Å². The number of pyridine rings is 2. The molecule has 2 heterocycles. The molecule has 5 rings (SSSR count). The Labute approximate surface area is 345 Å². The molecule has 2 aromatic heterocycles. The molecule has 0 unspecified atom stereocenters. The number of hydrogen-bond acceptors (Lipinski definition) is 6. The number of benzene rings is 3. The summed E-state index contributed by atoms with van der Waals surface area (Å²) < 4.78 is 28.1. The molecule has 0 saturated carbocycles. The standard InChI is InChI=1S/C40H38F2N6.4ClH.2Fe/c1-23-21-40(46-30(8)38-20-12-18-36(48-38)28(6)44-34-16-10-14-32(42)26(34)4)24(2)22-39(23)45-29(7)37-19-11-17-35(47-37)27(5)43-33-15-9-13-31(41)25(33)3;;;;;;/h9-22H,1-8H3;4*1H;;/q;;;;;2*+2/p-4. The molecule has 14 heteroatoms. The van der Waals surface area contributed by atoms with Gasteiger partial charge in [-0.1, -0.05) is 24.3 Å². The Morgan fingerprint density at radius 2 is 0.722 bits per heavy atom. The van der Waals surface area contributed by atoms with Crippen LogP contribution in [0.15, 0.2) is 105 Å². The van der Waals surface area contributed by atoms with Crippen molar-refractivity contribution in [3.8, 4) is 0 Å². The van der Waals surface area contributed by atoms with E-state index in [2.05, 4.69) is 9.98 Å². The van der Waals surface area contributed by atoms with E-state index < -0.39 is 0 Å². The Morgan fingerprint density at radius 3 is 1.02 bits per heavy atom. The monoisotopic (exact) mass is 892 g/mol. The number of aryl methyl sites for hydroxylation is 2. The molecule has 0 radical (unpaired) electrons. The molecular weight excluding hydrogens is 856 g/mol. The second-order valence-corrected chi connectivity index (χ2v) is 15.5. The molecule has 0 N–H and O–H groups in total. The minimum atomic E-state index is -0.286. The molecule has 0 bridgehead atoms. The van der Waals surface area contributed by atoms with E-state index in [0.717, 1.165) is 45.3 Å². The Hall–Kier alpha value is -3.30. The Kier molecular flexibility index (Phi) is 18.6. The van der Waals surface area contributed by atoms with Crippen LogP contribution in [0.25, 0.3) is 0 Å². The van der Waals surface area contributed by atoms with Crippen molar-refractivity contribution in [1.82, 2.24) is 9.97 Å². The third kappa shape index (κ3) is 12.9. The van der Waals surface area contributed by atoms with Gasteiger partial charge in [0.2, 0.25) is 0 Å². The summed E-state index contributed by atoms with van der Waals surface area (Å²) in [5.41, 5.74) is 11.5. The molecule has 0 fully saturated rings. The van der Waals surface area contributed by atoms with E-state index in [-0.39, 0.29) is 37.9 Å².